The van der Waals surface area contributed by atoms with Crippen molar-refractivity contribution in [2.24, 2.45) is 0 Å². The second-order valence-electron chi connectivity index (χ2n) is 5.03. The lowest BCUT2D eigenvalue weighted by molar-refractivity contribution is 0.404. The molecule has 1 nitrogen and oxygen atoms in total. The second kappa shape index (κ2) is 5.36. The molecule has 18 heavy (non-hydrogen) atoms. The lowest BCUT2D eigenvalue weighted by Crippen LogP contribution is -2.33. The monoisotopic (exact) mass is 237 g/mol. The normalized spacial score (nSPS) is 23.8. The number of benzene rings is 2. The molecule has 1 heteroatoms. The van der Waals surface area contributed by atoms with Crippen LogP contribution in [0.25, 0.3) is 0 Å². The van der Waals surface area contributed by atoms with E-state index in [9.17, 15) is 0 Å². The Balaban J connectivity index is 1.92. The minimum atomic E-state index is 0.599. The lowest BCUT2D eigenvalue weighted by atomic mass is 9.77. The first-order chi connectivity index (χ1) is 8.95. The SMILES string of the molecule is c1ccc([C@H]2CCNC[C@H]2c2ccccc2)cc1. The summed E-state index contributed by atoms with van der Waals surface area (Å²) >= 11 is 0. The van der Waals surface area contributed by atoms with E-state index in [4.69, 9.17) is 0 Å². The third-order valence-corrected chi connectivity index (χ3v) is 3.94. The van der Waals surface area contributed by atoms with Gasteiger partial charge in [0.25, 0.3) is 0 Å². The van der Waals surface area contributed by atoms with Crippen molar-refractivity contribution in [2.75, 3.05) is 13.1 Å². The van der Waals surface area contributed by atoms with Crippen molar-refractivity contribution in [3.63, 3.8) is 0 Å². The van der Waals surface area contributed by atoms with Crippen molar-refractivity contribution < 1.29 is 0 Å². The molecular formula is C17H19N. The zero-order valence-corrected chi connectivity index (χ0v) is 10.5. The van der Waals surface area contributed by atoms with Crippen molar-refractivity contribution >= 4 is 0 Å². The maximum atomic E-state index is 3.53. The molecular weight excluding hydrogens is 218 g/mol. The number of hydrogen-bond donors (Lipinski definition) is 1. The lowest BCUT2D eigenvalue weighted by Gasteiger charge is -2.33. The van der Waals surface area contributed by atoms with Gasteiger partial charge in [-0.15, -0.1) is 0 Å². The summed E-state index contributed by atoms with van der Waals surface area (Å²) in [6, 6.07) is 21.8. The Hall–Kier alpha value is -1.60. The van der Waals surface area contributed by atoms with Gasteiger partial charge in [0.05, 0.1) is 0 Å². The average Bonchev–Trinajstić information content (AvgIpc) is 2.49. The number of hydrogen-bond acceptors (Lipinski definition) is 1. The molecule has 0 unspecified atom stereocenters. The van der Waals surface area contributed by atoms with Gasteiger partial charge in [-0.05, 0) is 30.0 Å². The van der Waals surface area contributed by atoms with Crippen LogP contribution in [0.5, 0.6) is 0 Å². The number of rotatable bonds is 2. The summed E-state index contributed by atoms with van der Waals surface area (Å²) in [5.74, 6) is 1.25. The van der Waals surface area contributed by atoms with Gasteiger partial charge in [0, 0.05) is 12.5 Å². The highest BCUT2D eigenvalue weighted by atomic mass is 14.9. The Morgan fingerprint density at radius 1 is 0.722 bits per heavy atom. The molecule has 0 radical (unpaired) electrons. The van der Waals surface area contributed by atoms with Crippen LogP contribution in [-0.4, -0.2) is 13.1 Å². The molecule has 3 rings (SSSR count). The first kappa shape index (κ1) is 11.5. The maximum absolute atomic E-state index is 3.53. The maximum Gasteiger partial charge on any atom is 0.00326 e. The Labute approximate surface area is 109 Å². The van der Waals surface area contributed by atoms with E-state index >= 15 is 0 Å². The van der Waals surface area contributed by atoms with E-state index in [1.165, 1.54) is 17.5 Å². The van der Waals surface area contributed by atoms with E-state index in [-0.39, 0.29) is 0 Å². The van der Waals surface area contributed by atoms with Crippen LogP contribution in [0.3, 0.4) is 0 Å². The molecule has 0 aliphatic carbocycles. The van der Waals surface area contributed by atoms with Crippen molar-refractivity contribution in [1.82, 2.24) is 5.32 Å². The van der Waals surface area contributed by atoms with Crippen molar-refractivity contribution in [3.8, 4) is 0 Å². The molecule has 1 fully saturated rings. The number of nitrogens with one attached hydrogen (secondary N) is 1. The number of piperidine rings is 1. The first-order valence-corrected chi connectivity index (χ1v) is 6.76. The van der Waals surface area contributed by atoms with Gasteiger partial charge in [-0.3, -0.25) is 0 Å². The molecule has 0 spiro atoms. The molecule has 1 N–H and O–H groups in total. The molecule has 92 valence electrons. The fraction of sp³-hybridized carbons (Fsp3) is 0.294. The van der Waals surface area contributed by atoms with Gasteiger partial charge in [-0.1, -0.05) is 60.7 Å². The predicted molar refractivity (Wildman–Crippen MR) is 75.9 cm³/mol. The summed E-state index contributed by atoms with van der Waals surface area (Å²) in [5.41, 5.74) is 2.94. The Bertz CT molecular complexity index is 430. The minimum absolute atomic E-state index is 0.599. The topological polar surface area (TPSA) is 12.0 Å². The molecule has 0 amide bonds. The van der Waals surface area contributed by atoms with E-state index in [1.54, 1.807) is 0 Å². The van der Waals surface area contributed by atoms with Crippen LogP contribution >= 0.6 is 0 Å². The van der Waals surface area contributed by atoms with Crippen LogP contribution in [0.15, 0.2) is 60.7 Å². The van der Waals surface area contributed by atoms with Crippen LogP contribution in [0.2, 0.25) is 0 Å². The third kappa shape index (κ3) is 2.32. The third-order valence-electron chi connectivity index (χ3n) is 3.94. The minimum Gasteiger partial charge on any atom is -0.316 e. The Kier molecular flexibility index (Phi) is 3.42. The molecule has 0 aromatic heterocycles. The fourth-order valence-electron chi connectivity index (χ4n) is 3.01. The molecule has 1 aliphatic heterocycles. The van der Waals surface area contributed by atoms with Crippen LogP contribution in [0.4, 0.5) is 0 Å². The highest BCUT2D eigenvalue weighted by Gasteiger charge is 2.27. The largest absolute Gasteiger partial charge is 0.316 e. The fourth-order valence-corrected chi connectivity index (χ4v) is 3.01. The summed E-state index contributed by atoms with van der Waals surface area (Å²) < 4.78 is 0. The first-order valence-electron chi connectivity index (χ1n) is 6.76. The molecule has 0 bridgehead atoms. The van der Waals surface area contributed by atoms with Crippen LogP contribution < -0.4 is 5.32 Å². The van der Waals surface area contributed by atoms with Gasteiger partial charge in [0.15, 0.2) is 0 Å². The van der Waals surface area contributed by atoms with Crippen LogP contribution in [0.1, 0.15) is 29.4 Å². The average molecular weight is 237 g/mol. The van der Waals surface area contributed by atoms with Crippen molar-refractivity contribution in [2.45, 2.75) is 18.3 Å². The van der Waals surface area contributed by atoms with E-state index < -0.39 is 0 Å². The smallest absolute Gasteiger partial charge is 0.00326 e. The zero-order valence-electron chi connectivity index (χ0n) is 10.5. The Morgan fingerprint density at radius 2 is 1.28 bits per heavy atom. The highest BCUT2D eigenvalue weighted by molar-refractivity contribution is 5.29. The zero-order chi connectivity index (χ0) is 12.2. The van der Waals surface area contributed by atoms with Crippen LogP contribution in [0, 0.1) is 0 Å². The van der Waals surface area contributed by atoms with Crippen molar-refractivity contribution in [3.05, 3.63) is 71.8 Å². The summed E-state index contributed by atoms with van der Waals surface area (Å²) in [7, 11) is 0. The van der Waals surface area contributed by atoms with Crippen molar-refractivity contribution in [1.29, 1.82) is 0 Å². The summed E-state index contributed by atoms with van der Waals surface area (Å²) in [6.45, 7) is 2.21. The van der Waals surface area contributed by atoms with E-state index in [0.29, 0.717) is 11.8 Å². The molecule has 2 aromatic carbocycles. The molecule has 2 atom stereocenters. The van der Waals surface area contributed by atoms with E-state index in [2.05, 4.69) is 66.0 Å². The summed E-state index contributed by atoms with van der Waals surface area (Å²) in [5, 5.41) is 3.53. The van der Waals surface area contributed by atoms with Gasteiger partial charge >= 0.3 is 0 Å². The van der Waals surface area contributed by atoms with Gasteiger partial charge in [-0.2, -0.15) is 0 Å². The van der Waals surface area contributed by atoms with E-state index in [0.717, 1.165) is 13.1 Å². The van der Waals surface area contributed by atoms with Gasteiger partial charge < -0.3 is 5.32 Å². The molecule has 1 heterocycles. The molecule has 1 aliphatic rings. The van der Waals surface area contributed by atoms with E-state index in [1.807, 2.05) is 0 Å². The standard InChI is InChI=1S/C17H19N/c1-3-7-14(8-4-1)16-11-12-18-13-17(16)15-9-5-2-6-10-15/h1-10,16-18H,11-13H2/t16-,17+/m1/s1. The van der Waals surface area contributed by atoms with Gasteiger partial charge in [0.1, 0.15) is 0 Å². The van der Waals surface area contributed by atoms with Gasteiger partial charge in [-0.25, -0.2) is 0 Å². The predicted octanol–water partition coefficient (Wildman–Crippen LogP) is 3.55. The Morgan fingerprint density at radius 3 is 1.89 bits per heavy atom. The molecule has 0 saturated carbocycles. The molecule has 1 saturated heterocycles. The molecule has 2 aromatic rings. The highest BCUT2D eigenvalue weighted by Crippen LogP contribution is 2.36. The second-order valence-corrected chi connectivity index (χ2v) is 5.03. The van der Waals surface area contributed by atoms with Gasteiger partial charge in [0.2, 0.25) is 0 Å². The van der Waals surface area contributed by atoms with Crippen LogP contribution in [-0.2, 0) is 0 Å². The summed E-state index contributed by atoms with van der Waals surface area (Å²) in [4.78, 5) is 0. The summed E-state index contributed by atoms with van der Waals surface area (Å²) in [6.07, 6.45) is 1.23. The quantitative estimate of drug-likeness (QED) is 0.842.